The van der Waals surface area contributed by atoms with E-state index in [2.05, 4.69) is 5.32 Å². The quantitative estimate of drug-likeness (QED) is 0.480. The van der Waals surface area contributed by atoms with Gasteiger partial charge in [-0.1, -0.05) is 18.2 Å². The monoisotopic (exact) mass is 378 g/mol. The maximum absolute atomic E-state index is 12.2. The third-order valence-corrected chi connectivity index (χ3v) is 3.97. The van der Waals surface area contributed by atoms with Gasteiger partial charge in [-0.15, -0.1) is 0 Å². The van der Waals surface area contributed by atoms with Gasteiger partial charge in [0.1, 0.15) is 17.2 Å². The van der Waals surface area contributed by atoms with Crippen LogP contribution < -0.4 is 14.8 Å². The Kier molecular flexibility index (Phi) is 5.86. The molecule has 3 aromatic carbocycles. The first-order chi connectivity index (χ1) is 13.5. The lowest BCUT2D eigenvalue weighted by atomic mass is 10.1. The van der Waals surface area contributed by atoms with Crippen LogP contribution in [0.4, 0.5) is 11.4 Å². The molecule has 7 nitrogen and oxygen atoms in total. The van der Waals surface area contributed by atoms with Crippen LogP contribution in [0.15, 0.2) is 72.8 Å². The van der Waals surface area contributed by atoms with Gasteiger partial charge < -0.3 is 14.8 Å². The zero-order valence-corrected chi connectivity index (χ0v) is 15.1. The molecule has 0 heterocycles. The Morgan fingerprint density at radius 2 is 1.50 bits per heavy atom. The Bertz CT molecular complexity index is 969. The summed E-state index contributed by atoms with van der Waals surface area (Å²) < 4.78 is 10.8. The number of hydrogen-bond acceptors (Lipinski definition) is 5. The summed E-state index contributed by atoms with van der Waals surface area (Å²) in [7, 11) is 1.60. The first-order valence-electron chi connectivity index (χ1n) is 8.49. The van der Waals surface area contributed by atoms with Gasteiger partial charge in [0.05, 0.1) is 18.5 Å². The second-order valence-electron chi connectivity index (χ2n) is 5.91. The molecule has 0 saturated carbocycles. The van der Waals surface area contributed by atoms with Crippen LogP contribution in [-0.4, -0.2) is 17.9 Å². The van der Waals surface area contributed by atoms with Crippen LogP contribution >= 0.6 is 0 Å². The van der Waals surface area contributed by atoms with Crippen molar-refractivity contribution in [3.8, 4) is 17.2 Å². The molecule has 0 saturated heterocycles. The molecule has 3 aromatic rings. The first kappa shape index (κ1) is 18.9. The summed E-state index contributed by atoms with van der Waals surface area (Å²) in [5, 5.41) is 13.8. The topological polar surface area (TPSA) is 90.7 Å². The standard InChI is InChI=1S/C21H18N2O5/c1-27-17-10-12-19(13-11-17)28-18-8-6-16(7-9-18)22-21(24)14-15-4-2-3-5-20(15)23(25)26/h2-13H,14H2,1H3,(H,22,24). The van der Waals surface area contributed by atoms with Crippen molar-refractivity contribution < 1.29 is 19.2 Å². The Morgan fingerprint density at radius 3 is 2.11 bits per heavy atom. The second-order valence-corrected chi connectivity index (χ2v) is 5.91. The number of methoxy groups -OCH3 is 1. The number of nitrogens with one attached hydrogen (secondary N) is 1. The normalized spacial score (nSPS) is 10.2. The van der Waals surface area contributed by atoms with Crippen LogP contribution in [-0.2, 0) is 11.2 Å². The fourth-order valence-corrected chi connectivity index (χ4v) is 2.60. The average Bonchev–Trinajstić information content (AvgIpc) is 2.70. The van der Waals surface area contributed by atoms with E-state index in [9.17, 15) is 14.9 Å². The van der Waals surface area contributed by atoms with E-state index in [-0.39, 0.29) is 18.0 Å². The molecule has 0 atom stereocenters. The number of nitro benzene ring substituents is 1. The van der Waals surface area contributed by atoms with Gasteiger partial charge in [-0.2, -0.15) is 0 Å². The number of benzene rings is 3. The van der Waals surface area contributed by atoms with E-state index in [0.717, 1.165) is 5.75 Å². The second kappa shape index (κ2) is 8.68. The maximum Gasteiger partial charge on any atom is 0.273 e. The minimum Gasteiger partial charge on any atom is -0.497 e. The van der Waals surface area contributed by atoms with Crippen LogP contribution in [0.25, 0.3) is 0 Å². The summed E-state index contributed by atoms with van der Waals surface area (Å²) in [5.74, 6) is 1.68. The number of nitrogens with zero attached hydrogens (tertiary/aromatic N) is 1. The lowest BCUT2D eigenvalue weighted by molar-refractivity contribution is -0.385. The highest BCUT2D eigenvalue weighted by Gasteiger charge is 2.15. The minimum absolute atomic E-state index is 0.0686. The Hall–Kier alpha value is -3.87. The van der Waals surface area contributed by atoms with Crippen LogP contribution in [0.3, 0.4) is 0 Å². The lowest BCUT2D eigenvalue weighted by Crippen LogP contribution is -2.15. The van der Waals surface area contributed by atoms with Gasteiger partial charge >= 0.3 is 0 Å². The molecule has 7 heteroatoms. The van der Waals surface area contributed by atoms with Crippen molar-refractivity contribution in [2.45, 2.75) is 6.42 Å². The van der Waals surface area contributed by atoms with E-state index in [1.165, 1.54) is 6.07 Å². The van der Waals surface area contributed by atoms with E-state index in [4.69, 9.17) is 9.47 Å². The van der Waals surface area contributed by atoms with Crippen LogP contribution in [0.5, 0.6) is 17.2 Å². The van der Waals surface area contributed by atoms with Gasteiger partial charge in [0.15, 0.2) is 0 Å². The van der Waals surface area contributed by atoms with E-state index < -0.39 is 4.92 Å². The largest absolute Gasteiger partial charge is 0.497 e. The zero-order chi connectivity index (χ0) is 19.9. The summed E-state index contributed by atoms with van der Waals surface area (Å²) in [4.78, 5) is 22.8. The van der Waals surface area contributed by atoms with Gasteiger partial charge in [0, 0.05) is 17.3 Å². The highest BCUT2D eigenvalue weighted by molar-refractivity contribution is 5.92. The molecule has 1 N–H and O–H groups in total. The van der Waals surface area contributed by atoms with Crippen molar-refractivity contribution in [3.63, 3.8) is 0 Å². The molecule has 3 rings (SSSR count). The van der Waals surface area contributed by atoms with Crippen molar-refractivity contribution in [2.75, 3.05) is 12.4 Å². The number of ether oxygens (including phenoxy) is 2. The van der Waals surface area contributed by atoms with Gasteiger partial charge in [-0.05, 0) is 48.5 Å². The molecular formula is C21H18N2O5. The molecule has 0 radical (unpaired) electrons. The van der Waals surface area contributed by atoms with Crippen molar-refractivity contribution in [2.24, 2.45) is 0 Å². The summed E-state index contributed by atoms with van der Waals surface area (Å²) in [6.07, 6.45) is -0.0821. The van der Waals surface area contributed by atoms with Crippen molar-refractivity contribution in [3.05, 3.63) is 88.5 Å². The van der Waals surface area contributed by atoms with Crippen molar-refractivity contribution in [1.82, 2.24) is 0 Å². The highest BCUT2D eigenvalue weighted by Crippen LogP contribution is 2.25. The third-order valence-electron chi connectivity index (χ3n) is 3.97. The van der Waals surface area contributed by atoms with E-state index in [1.807, 2.05) is 0 Å². The van der Waals surface area contributed by atoms with Crippen LogP contribution in [0, 0.1) is 10.1 Å². The van der Waals surface area contributed by atoms with E-state index in [1.54, 1.807) is 73.8 Å². The molecule has 0 aliphatic rings. The van der Waals surface area contributed by atoms with Crippen LogP contribution in [0.1, 0.15) is 5.56 Å². The minimum atomic E-state index is -0.492. The summed E-state index contributed by atoms with van der Waals surface area (Å²) in [5.41, 5.74) is 0.871. The van der Waals surface area contributed by atoms with Gasteiger partial charge in [0.25, 0.3) is 5.69 Å². The molecule has 0 spiro atoms. The number of carbonyl (C=O) groups is 1. The van der Waals surface area contributed by atoms with E-state index >= 15 is 0 Å². The average molecular weight is 378 g/mol. The molecule has 28 heavy (non-hydrogen) atoms. The molecular weight excluding hydrogens is 360 g/mol. The molecule has 1 amide bonds. The lowest BCUT2D eigenvalue weighted by Gasteiger charge is -2.09. The molecule has 0 fully saturated rings. The fraction of sp³-hybridized carbons (Fsp3) is 0.0952. The maximum atomic E-state index is 12.2. The SMILES string of the molecule is COc1ccc(Oc2ccc(NC(=O)Cc3ccccc3[N+](=O)[O-])cc2)cc1. The zero-order valence-electron chi connectivity index (χ0n) is 15.1. The molecule has 0 unspecified atom stereocenters. The van der Waals surface area contributed by atoms with Gasteiger partial charge in [-0.25, -0.2) is 0 Å². The Labute approximate surface area is 161 Å². The summed E-state index contributed by atoms with van der Waals surface area (Å²) in [6.45, 7) is 0. The molecule has 0 aromatic heterocycles. The van der Waals surface area contributed by atoms with E-state index in [0.29, 0.717) is 22.7 Å². The fourth-order valence-electron chi connectivity index (χ4n) is 2.60. The highest BCUT2D eigenvalue weighted by atomic mass is 16.6. The number of hydrogen-bond donors (Lipinski definition) is 1. The van der Waals surface area contributed by atoms with Crippen molar-refractivity contribution in [1.29, 1.82) is 0 Å². The molecule has 0 aliphatic heterocycles. The number of anilines is 1. The Balaban J connectivity index is 1.60. The number of rotatable bonds is 7. The number of carbonyl (C=O) groups excluding carboxylic acids is 1. The summed E-state index contributed by atoms with van der Waals surface area (Å²) >= 11 is 0. The molecule has 0 bridgehead atoms. The smallest absolute Gasteiger partial charge is 0.273 e. The Morgan fingerprint density at radius 1 is 0.929 bits per heavy atom. The molecule has 0 aliphatic carbocycles. The predicted octanol–water partition coefficient (Wildman–Crippen LogP) is 4.58. The molecule has 142 valence electrons. The third kappa shape index (κ3) is 4.85. The van der Waals surface area contributed by atoms with Crippen LogP contribution in [0.2, 0.25) is 0 Å². The number of nitro groups is 1. The number of amides is 1. The summed E-state index contributed by atoms with van der Waals surface area (Å²) in [6, 6.07) is 20.2. The van der Waals surface area contributed by atoms with Crippen molar-refractivity contribution >= 4 is 17.3 Å². The first-order valence-corrected chi connectivity index (χ1v) is 8.49. The van der Waals surface area contributed by atoms with Gasteiger partial charge in [0.2, 0.25) is 5.91 Å². The van der Waals surface area contributed by atoms with Gasteiger partial charge in [-0.3, -0.25) is 14.9 Å². The predicted molar refractivity (Wildman–Crippen MR) is 105 cm³/mol. The number of para-hydroxylation sites is 1.